The smallest absolute Gasteiger partial charge is 0.249 e. The first-order valence-corrected chi connectivity index (χ1v) is 5.19. The molecule has 0 aromatic carbocycles. The molecule has 1 fully saturated rings. The van der Waals surface area contributed by atoms with Crippen molar-refractivity contribution in [3.05, 3.63) is 33.2 Å². The predicted octanol–water partition coefficient (Wildman–Crippen LogP) is 1.83. The summed E-state index contributed by atoms with van der Waals surface area (Å²) in [5.41, 5.74) is 6.64. The van der Waals surface area contributed by atoms with E-state index in [9.17, 15) is 4.79 Å². The number of H-pyrrole nitrogens is 1. The van der Waals surface area contributed by atoms with Crippen molar-refractivity contribution < 1.29 is 0 Å². The second-order valence-electron chi connectivity index (χ2n) is 3.88. The molecule has 3 nitrogen and oxygen atoms in total. The highest BCUT2D eigenvalue weighted by molar-refractivity contribution is 6.30. The molecule has 76 valence electrons. The lowest BCUT2D eigenvalue weighted by atomic mass is 10.0. The van der Waals surface area contributed by atoms with Crippen LogP contribution >= 0.6 is 11.6 Å². The number of rotatable bonds is 3. The molecular weight excluding hydrogens is 200 g/mol. The van der Waals surface area contributed by atoms with Gasteiger partial charge in [0.1, 0.15) is 5.15 Å². The molecule has 0 radical (unpaired) electrons. The van der Waals surface area contributed by atoms with E-state index in [0.29, 0.717) is 5.15 Å². The lowest BCUT2D eigenvalue weighted by Gasteiger charge is -2.12. The number of nitrogens with one attached hydrogen (secondary N) is 1. The van der Waals surface area contributed by atoms with E-state index >= 15 is 0 Å². The molecule has 1 heterocycles. The Bertz CT molecular complexity index is 384. The van der Waals surface area contributed by atoms with Gasteiger partial charge < -0.3 is 10.7 Å². The molecule has 1 atom stereocenters. The first kappa shape index (κ1) is 9.74. The van der Waals surface area contributed by atoms with Crippen LogP contribution in [-0.4, -0.2) is 4.98 Å². The Labute approximate surface area is 87.3 Å². The molecule has 0 amide bonds. The van der Waals surface area contributed by atoms with Crippen LogP contribution in [0.15, 0.2) is 16.9 Å². The first-order chi connectivity index (χ1) is 6.66. The number of halogens is 1. The summed E-state index contributed by atoms with van der Waals surface area (Å²) in [6, 6.07) is 3.13. The number of hydrogen-bond acceptors (Lipinski definition) is 2. The van der Waals surface area contributed by atoms with Crippen molar-refractivity contribution in [3.63, 3.8) is 0 Å². The van der Waals surface area contributed by atoms with Crippen LogP contribution in [0, 0.1) is 5.92 Å². The third kappa shape index (κ3) is 2.16. The molecular formula is C10H13ClN2O. The van der Waals surface area contributed by atoms with E-state index in [4.69, 9.17) is 17.3 Å². The van der Waals surface area contributed by atoms with Crippen molar-refractivity contribution in [3.8, 4) is 0 Å². The van der Waals surface area contributed by atoms with Gasteiger partial charge >= 0.3 is 0 Å². The van der Waals surface area contributed by atoms with E-state index in [1.165, 1.54) is 18.9 Å². The average molecular weight is 213 g/mol. The fourth-order valence-corrected chi connectivity index (χ4v) is 1.88. The van der Waals surface area contributed by atoms with Crippen molar-refractivity contribution in [1.82, 2.24) is 4.98 Å². The summed E-state index contributed by atoms with van der Waals surface area (Å²) in [5.74, 6) is 0.757. The summed E-state index contributed by atoms with van der Waals surface area (Å²) < 4.78 is 0. The molecule has 1 aliphatic carbocycles. The zero-order chi connectivity index (χ0) is 10.1. The van der Waals surface area contributed by atoms with Gasteiger partial charge in [-0.05, 0) is 18.4 Å². The summed E-state index contributed by atoms with van der Waals surface area (Å²) in [6.45, 7) is 0. The second kappa shape index (κ2) is 3.75. The fourth-order valence-electron chi connectivity index (χ4n) is 1.59. The van der Waals surface area contributed by atoms with Gasteiger partial charge in [-0.3, -0.25) is 4.79 Å². The number of nitrogens with two attached hydrogens (primary N) is 1. The Kier molecular flexibility index (Phi) is 2.61. The number of pyridine rings is 1. The van der Waals surface area contributed by atoms with Crippen LogP contribution in [0.25, 0.3) is 0 Å². The highest BCUT2D eigenvalue weighted by Gasteiger charge is 2.25. The molecule has 0 bridgehead atoms. The molecule has 0 unspecified atom stereocenters. The Hall–Kier alpha value is -0.800. The fraction of sp³-hybridized carbons (Fsp3) is 0.500. The summed E-state index contributed by atoms with van der Waals surface area (Å²) in [4.78, 5) is 13.5. The van der Waals surface area contributed by atoms with E-state index in [2.05, 4.69) is 4.98 Å². The molecule has 0 saturated heterocycles. The lowest BCUT2D eigenvalue weighted by Crippen LogP contribution is -2.15. The van der Waals surface area contributed by atoms with Gasteiger partial charge in [-0.25, -0.2) is 0 Å². The molecule has 4 heteroatoms. The van der Waals surface area contributed by atoms with Gasteiger partial charge in [0.25, 0.3) is 0 Å². The molecule has 0 aliphatic heterocycles. The van der Waals surface area contributed by atoms with Crippen molar-refractivity contribution in [2.45, 2.75) is 25.3 Å². The van der Waals surface area contributed by atoms with Gasteiger partial charge in [-0.1, -0.05) is 24.4 Å². The van der Waals surface area contributed by atoms with Crippen LogP contribution in [0.3, 0.4) is 0 Å². The third-order valence-electron chi connectivity index (χ3n) is 2.58. The summed E-state index contributed by atoms with van der Waals surface area (Å²) in [7, 11) is 0. The molecule has 1 aromatic heterocycles. The Morgan fingerprint density at radius 1 is 1.57 bits per heavy atom. The summed E-state index contributed by atoms with van der Waals surface area (Å²) >= 11 is 5.89. The van der Waals surface area contributed by atoms with E-state index in [-0.39, 0.29) is 11.6 Å². The Balaban J connectivity index is 2.17. The van der Waals surface area contributed by atoms with Crippen LogP contribution in [0.1, 0.15) is 30.9 Å². The quantitative estimate of drug-likeness (QED) is 0.751. The van der Waals surface area contributed by atoms with Gasteiger partial charge in [0, 0.05) is 17.7 Å². The van der Waals surface area contributed by atoms with Gasteiger partial charge in [-0.15, -0.1) is 0 Å². The average Bonchev–Trinajstić information content (AvgIpc) is 2.87. The van der Waals surface area contributed by atoms with Crippen molar-refractivity contribution >= 4 is 11.6 Å². The normalized spacial score (nSPS) is 18.1. The maximum Gasteiger partial charge on any atom is 0.249 e. The first-order valence-electron chi connectivity index (χ1n) is 4.81. The molecule has 1 aromatic rings. The second-order valence-corrected chi connectivity index (χ2v) is 4.26. The largest absolute Gasteiger partial charge is 0.324 e. The number of aromatic nitrogens is 1. The Morgan fingerprint density at radius 2 is 2.29 bits per heavy atom. The predicted molar refractivity (Wildman–Crippen MR) is 56.3 cm³/mol. The summed E-state index contributed by atoms with van der Waals surface area (Å²) in [5, 5.41) is 0.380. The van der Waals surface area contributed by atoms with Crippen LogP contribution in [0.4, 0.5) is 0 Å². The Morgan fingerprint density at radius 3 is 2.86 bits per heavy atom. The topological polar surface area (TPSA) is 58.9 Å². The van der Waals surface area contributed by atoms with Crippen LogP contribution < -0.4 is 11.3 Å². The SMILES string of the molecule is N[C@H](CC1CC1)c1ccc(=O)[nH]c1Cl. The zero-order valence-electron chi connectivity index (χ0n) is 7.79. The molecule has 1 saturated carbocycles. The minimum atomic E-state index is -0.183. The van der Waals surface area contributed by atoms with Crippen molar-refractivity contribution in [2.75, 3.05) is 0 Å². The van der Waals surface area contributed by atoms with Gasteiger partial charge in [0.15, 0.2) is 0 Å². The molecule has 2 rings (SSSR count). The minimum Gasteiger partial charge on any atom is -0.324 e. The third-order valence-corrected chi connectivity index (χ3v) is 2.90. The van der Waals surface area contributed by atoms with Gasteiger partial charge in [-0.2, -0.15) is 0 Å². The van der Waals surface area contributed by atoms with Crippen LogP contribution in [-0.2, 0) is 0 Å². The molecule has 0 spiro atoms. The minimum absolute atomic E-state index is 0.0492. The van der Waals surface area contributed by atoms with E-state index in [1.807, 2.05) is 0 Å². The highest BCUT2D eigenvalue weighted by Crippen LogP contribution is 2.37. The molecule has 3 N–H and O–H groups in total. The van der Waals surface area contributed by atoms with Gasteiger partial charge in [0.2, 0.25) is 5.56 Å². The van der Waals surface area contributed by atoms with Crippen molar-refractivity contribution in [1.29, 1.82) is 0 Å². The maximum absolute atomic E-state index is 10.9. The number of hydrogen-bond donors (Lipinski definition) is 2. The van der Waals surface area contributed by atoms with E-state index < -0.39 is 0 Å². The van der Waals surface area contributed by atoms with E-state index in [1.54, 1.807) is 6.07 Å². The molecule has 1 aliphatic rings. The highest BCUT2D eigenvalue weighted by atomic mass is 35.5. The molecule has 14 heavy (non-hydrogen) atoms. The zero-order valence-corrected chi connectivity index (χ0v) is 8.55. The van der Waals surface area contributed by atoms with E-state index in [0.717, 1.165) is 17.9 Å². The standard InChI is InChI=1S/C10H13ClN2O/c11-10-7(3-4-9(14)13-10)8(12)5-6-1-2-6/h3-4,6,8H,1-2,5,12H2,(H,13,14)/t8-/m1/s1. The number of aromatic amines is 1. The van der Waals surface area contributed by atoms with Crippen molar-refractivity contribution in [2.24, 2.45) is 11.7 Å². The van der Waals surface area contributed by atoms with Crippen LogP contribution in [0.2, 0.25) is 5.15 Å². The summed E-state index contributed by atoms with van der Waals surface area (Å²) in [6.07, 6.45) is 3.51. The van der Waals surface area contributed by atoms with Gasteiger partial charge in [0.05, 0.1) is 0 Å². The monoisotopic (exact) mass is 212 g/mol. The maximum atomic E-state index is 10.9. The lowest BCUT2D eigenvalue weighted by molar-refractivity contribution is 0.595. The van der Waals surface area contributed by atoms with Crippen LogP contribution in [0.5, 0.6) is 0 Å².